The summed E-state index contributed by atoms with van der Waals surface area (Å²) in [6.07, 6.45) is 6.66. The maximum Gasteiger partial charge on any atom is 0.229 e. The first-order valence-corrected chi connectivity index (χ1v) is 3.68. The lowest BCUT2D eigenvalue weighted by atomic mass is 9.97. The van der Waals surface area contributed by atoms with Gasteiger partial charge in [-0.05, 0) is 12.8 Å². The van der Waals surface area contributed by atoms with Crippen LogP contribution in [0.3, 0.4) is 0 Å². The zero-order valence-electron chi connectivity index (χ0n) is 6.15. The van der Waals surface area contributed by atoms with Gasteiger partial charge in [-0.1, -0.05) is 19.3 Å². The molecule has 62 valence electrons. The average Bonchev–Trinajstić information content (AvgIpc) is 1.91. The molecule has 10 heavy (non-hydrogen) atoms. The standard InChI is InChI=1S/C6H13N.CH2F2/c7-6-4-2-1-3-5-6;2-1-3/h6H,1-5,7H2;1H2. The fraction of sp³-hybridized carbons (Fsp3) is 1.00. The van der Waals surface area contributed by atoms with E-state index in [9.17, 15) is 8.78 Å². The maximum absolute atomic E-state index is 9.62. The Labute approximate surface area is 60.6 Å². The lowest BCUT2D eigenvalue weighted by Crippen LogP contribution is -2.22. The zero-order valence-corrected chi connectivity index (χ0v) is 6.15. The predicted octanol–water partition coefficient (Wildman–Crippen LogP) is 2.16. The molecule has 0 radical (unpaired) electrons. The second-order valence-corrected chi connectivity index (χ2v) is 2.50. The fourth-order valence-electron chi connectivity index (χ4n) is 1.13. The molecule has 0 aromatic rings. The monoisotopic (exact) mass is 151 g/mol. The van der Waals surface area contributed by atoms with Gasteiger partial charge in [0.15, 0.2) is 0 Å². The molecule has 1 nitrogen and oxygen atoms in total. The molecule has 1 saturated carbocycles. The van der Waals surface area contributed by atoms with E-state index in [4.69, 9.17) is 5.73 Å². The van der Waals surface area contributed by atoms with Crippen molar-refractivity contribution in [1.29, 1.82) is 0 Å². The van der Waals surface area contributed by atoms with Crippen LogP contribution in [0.2, 0.25) is 0 Å². The maximum atomic E-state index is 9.62. The van der Waals surface area contributed by atoms with Gasteiger partial charge in [0.05, 0.1) is 0 Å². The van der Waals surface area contributed by atoms with Gasteiger partial charge in [-0.25, -0.2) is 8.78 Å². The van der Waals surface area contributed by atoms with Crippen LogP contribution in [-0.4, -0.2) is 13.0 Å². The summed E-state index contributed by atoms with van der Waals surface area (Å²) in [4.78, 5) is 0. The number of hydrogen-bond acceptors (Lipinski definition) is 1. The molecule has 1 fully saturated rings. The predicted molar refractivity (Wildman–Crippen MR) is 38.1 cm³/mol. The second kappa shape index (κ2) is 6.93. The van der Waals surface area contributed by atoms with E-state index < -0.39 is 6.93 Å². The molecular weight excluding hydrogens is 136 g/mol. The SMILES string of the molecule is FCF.NC1CCCCC1. The minimum absolute atomic E-state index is 0.536. The van der Waals surface area contributed by atoms with Crippen molar-refractivity contribution in [3.8, 4) is 0 Å². The number of rotatable bonds is 0. The first-order valence-electron chi connectivity index (χ1n) is 3.68. The van der Waals surface area contributed by atoms with E-state index in [1.807, 2.05) is 0 Å². The zero-order chi connectivity index (χ0) is 7.82. The summed E-state index contributed by atoms with van der Waals surface area (Å²) in [5, 5.41) is 0. The molecular formula is C7H15F2N. The van der Waals surface area contributed by atoms with Gasteiger partial charge in [-0.15, -0.1) is 0 Å². The van der Waals surface area contributed by atoms with Crippen LogP contribution in [0.5, 0.6) is 0 Å². The molecule has 2 N–H and O–H groups in total. The average molecular weight is 151 g/mol. The van der Waals surface area contributed by atoms with Crippen LogP contribution in [0.25, 0.3) is 0 Å². The summed E-state index contributed by atoms with van der Waals surface area (Å²) >= 11 is 0. The van der Waals surface area contributed by atoms with Crippen molar-refractivity contribution in [1.82, 2.24) is 0 Å². The van der Waals surface area contributed by atoms with Crippen molar-refractivity contribution < 1.29 is 8.78 Å². The summed E-state index contributed by atoms with van der Waals surface area (Å²) in [6, 6.07) is 0.536. The van der Waals surface area contributed by atoms with Gasteiger partial charge in [0.2, 0.25) is 6.93 Å². The van der Waals surface area contributed by atoms with Crippen LogP contribution in [0.15, 0.2) is 0 Å². The summed E-state index contributed by atoms with van der Waals surface area (Å²) in [6.45, 7) is -1.75. The van der Waals surface area contributed by atoms with E-state index in [1.54, 1.807) is 0 Å². The Kier molecular flexibility index (Phi) is 6.81. The van der Waals surface area contributed by atoms with Gasteiger partial charge in [0, 0.05) is 6.04 Å². The van der Waals surface area contributed by atoms with Crippen molar-refractivity contribution in [2.24, 2.45) is 5.73 Å². The highest BCUT2D eigenvalue weighted by molar-refractivity contribution is 4.66. The molecule has 0 heterocycles. The third-order valence-electron chi connectivity index (χ3n) is 1.65. The topological polar surface area (TPSA) is 26.0 Å². The van der Waals surface area contributed by atoms with Gasteiger partial charge in [0.25, 0.3) is 0 Å². The Hall–Kier alpha value is -0.180. The number of alkyl halides is 2. The Morgan fingerprint density at radius 1 is 1.10 bits per heavy atom. The van der Waals surface area contributed by atoms with Crippen molar-refractivity contribution in [3.05, 3.63) is 0 Å². The number of halogens is 2. The molecule has 1 aliphatic carbocycles. The Balaban J connectivity index is 0.000000236. The van der Waals surface area contributed by atoms with E-state index in [-0.39, 0.29) is 0 Å². The first-order chi connectivity index (χ1) is 4.81. The van der Waals surface area contributed by atoms with E-state index in [1.165, 1.54) is 32.1 Å². The number of nitrogens with two attached hydrogens (primary N) is 1. The smallest absolute Gasteiger partial charge is 0.229 e. The highest BCUT2D eigenvalue weighted by Crippen LogP contribution is 2.14. The third kappa shape index (κ3) is 5.95. The molecule has 1 rings (SSSR count). The third-order valence-corrected chi connectivity index (χ3v) is 1.65. The van der Waals surface area contributed by atoms with Gasteiger partial charge in [-0.3, -0.25) is 0 Å². The van der Waals surface area contributed by atoms with E-state index in [2.05, 4.69) is 0 Å². The van der Waals surface area contributed by atoms with Crippen LogP contribution >= 0.6 is 0 Å². The first kappa shape index (κ1) is 9.82. The summed E-state index contributed by atoms with van der Waals surface area (Å²) < 4.78 is 19.2. The van der Waals surface area contributed by atoms with Gasteiger partial charge in [0.1, 0.15) is 0 Å². The molecule has 0 atom stereocenters. The highest BCUT2D eigenvalue weighted by Gasteiger charge is 2.06. The molecule has 1 aliphatic rings. The van der Waals surface area contributed by atoms with Gasteiger partial charge < -0.3 is 5.73 Å². The number of hydrogen-bond donors (Lipinski definition) is 1. The Morgan fingerprint density at radius 3 is 1.70 bits per heavy atom. The minimum Gasteiger partial charge on any atom is -0.328 e. The second-order valence-electron chi connectivity index (χ2n) is 2.50. The van der Waals surface area contributed by atoms with E-state index >= 15 is 0 Å². The quantitative estimate of drug-likeness (QED) is 0.564. The molecule has 0 spiro atoms. The molecule has 0 aromatic heterocycles. The van der Waals surface area contributed by atoms with E-state index in [0.29, 0.717) is 6.04 Å². The Morgan fingerprint density at radius 2 is 1.50 bits per heavy atom. The van der Waals surface area contributed by atoms with Crippen LogP contribution in [-0.2, 0) is 0 Å². The lowest BCUT2D eigenvalue weighted by Gasteiger charge is -2.15. The van der Waals surface area contributed by atoms with Crippen LogP contribution in [0, 0.1) is 0 Å². The molecule has 0 aliphatic heterocycles. The lowest BCUT2D eigenvalue weighted by molar-refractivity contribution is 0.295. The van der Waals surface area contributed by atoms with Crippen LogP contribution < -0.4 is 5.73 Å². The largest absolute Gasteiger partial charge is 0.328 e. The Bertz CT molecular complexity index is 62.6. The van der Waals surface area contributed by atoms with Crippen molar-refractivity contribution in [3.63, 3.8) is 0 Å². The van der Waals surface area contributed by atoms with Gasteiger partial charge in [-0.2, -0.15) is 0 Å². The van der Waals surface area contributed by atoms with Crippen LogP contribution in [0.4, 0.5) is 8.78 Å². The molecule has 0 aromatic carbocycles. The summed E-state index contributed by atoms with van der Waals surface area (Å²) in [5.41, 5.74) is 5.63. The minimum atomic E-state index is -1.75. The fourth-order valence-corrected chi connectivity index (χ4v) is 1.13. The highest BCUT2D eigenvalue weighted by atomic mass is 19.3. The van der Waals surface area contributed by atoms with Crippen LogP contribution in [0.1, 0.15) is 32.1 Å². The normalized spacial score (nSPS) is 19.5. The van der Waals surface area contributed by atoms with E-state index in [0.717, 1.165) is 0 Å². The van der Waals surface area contributed by atoms with Crippen molar-refractivity contribution in [2.75, 3.05) is 6.93 Å². The van der Waals surface area contributed by atoms with Gasteiger partial charge >= 0.3 is 0 Å². The molecule has 0 bridgehead atoms. The molecule has 0 amide bonds. The van der Waals surface area contributed by atoms with Crippen molar-refractivity contribution in [2.45, 2.75) is 38.1 Å². The summed E-state index contributed by atoms with van der Waals surface area (Å²) in [7, 11) is 0. The molecule has 0 unspecified atom stereocenters. The van der Waals surface area contributed by atoms with Crippen molar-refractivity contribution >= 4 is 0 Å². The molecule has 3 heteroatoms. The summed E-state index contributed by atoms with van der Waals surface area (Å²) in [5.74, 6) is 0. The molecule has 0 saturated heterocycles.